The molecule has 18 heavy (non-hydrogen) atoms. The van der Waals surface area contributed by atoms with Crippen LogP contribution in [0.4, 0.5) is 0 Å². The Morgan fingerprint density at radius 1 is 1.06 bits per heavy atom. The van der Waals surface area contributed by atoms with Crippen molar-refractivity contribution in [1.82, 2.24) is 10.2 Å². The first-order chi connectivity index (χ1) is 8.69. The van der Waals surface area contributed by atoms with Crippen LogP contribution in [0, 0.1) is 0 Å². The van der Waals surface area contributed by atoms with Gasteiger partial charge in [0.25, 0.3) is 0 Å². The van der Waals surface area contributed by atoms with E-state index in [0.29, 0.717) is 6.04 Å². The van der Waals surface area contributed by atoms with Crippen molar-refractivity contribution in [1.29, 1.82) is 0 Å². The Morgan fingerprint density at radius 3 is 2.22 bits per heavy atom. The zero-order valence-corrected chi connectivity index (χ0v) is 13.0. The van der Waals surface area contributed by atoms with Gasteiger partial charge in [-0.1, -0.05) is 26.7 Å². The van der Waals surface area contributed by atoms with Crippen LogP contribution in [0.25, 0.3) is 0 Å². The van der Waals surface area contributed by atoms with Gasteiger partial charge in [-0.3, -0.25) is 4.90 Å². The van der Waals surface area contributed by atoms with E-state index in [1.54, 1.807) is 0 Å². The summed E-state index contributed by atoms with van der Waals surface area (Å²) in [5, 5.41) is 3.61. The van der Waals surface area contributed by atoms with E-state index in [-0.39, 0.29) is 0 Å². The van der Waals surface area contributed by atoms with Gasteiger partial charge in [0.2, 0.25) is 0 Å². The minimum absolute atomic E-state index is 0.711. The number of unbranched alkanes of at least 4 members (excludes halogenated alkanes) is 2. The fourth-order valence-corrected chi connectivity index (χ4v) is 3.31. The highest BCUT2D eigenvalue weighted by Gasteiger charge is 2.26. The summed E-state index contributed by atoms with van der Waals surface area (Å²) in [5.41, 5.74) is 0. The predicted molar refractivity (Wildman–Crippen MR) is 81.1 cm³/mol. The minimum Gasteiger partial charge on any atom is -0.314 e. The first-order valence-corrected chi connectivity index (χ1v) is 8.18. The van der Waals surface area contributed by atoms with Gasteiger partial charge >= 0.3 is 0 Å². The van der Waals surface area contributed by atoms with Crippen LogP contribution in [0.5, 0.6) is 0 Å². The van der Waals surface area contributed by atoms with Crippen molar-refractivity contribution in [3.8, 4) is 0 Å². The lowest BCUT2D eigenvalue weighted by Gasteiger charge is -2.39. The molecule has 108 valence electrons. The van der Waals surface area contributed by atoms with E-state index >= 15 is 0 Å². The summed E-state index contributed by atoms with van der Waals surface area (Å²) in [5.74, 6) is 0. The van der Waals surface area contributed by atoms with Gasteiger partial charge < -0.3 is 5.32 Å². The molecular weight excluding hydrogens is 220 g/mol. The van der Waals surface area contributed by atoms with Crippen LogP contribution in [-0.4, -0.2) is 36.1 Å². The Morgan fingerprint density at radius 2 is 1.72 bits per heavy atom. The SMILES string of the molecule is CCCCCN(C(C)C)C1CCC(NCC)CC1. The lowest BCUT2D eigenvalue weighted by Crippen LogP contribution is -2.45. The molecule has 1 fully saturated rings. The fourth-order valence-electron chi connectivity index (χ4n) is 3.31. The normalized spacial score (nSPS) is 25.0. The van der Waals surface area contributed by atoms with Gasteiger partial charge in [-0.05, 0) is 59.0 Å². The van der Waals surface area contributed by atoms with Crippen LogP contribution >= 0.6 is 0 Å². The van der Waals surface area contributed by atoms with Crippen LogP contribution in [0.15, 0.2) is 0 Å². The molecule has 0 atom stereocenters. The Bertz CT molecular complexity index is 195. The second-order valence-electron chi connectivity index (χ2n) is 6.10. The molecule has 1 saturated carbocycles. The molecule has 0 aromatic carbocycles. The van der Waals surface area contributed by atoms with E-state index in [4.69, 9.17) is 0 Å². The van der Waals surface area contributed by atoms with E-state index in [0.717, 1.165) is 18.6 Å². The molecule has 0 radical (unpaired) electrons. The summed E-state index contributed by atoms with van der Waals surface area (Å²) >= 11 is 0. The van der Waals surface area contributed by atoms with Crippen molar-refractivity contribution in [3.63, 3.8) is 0 Å². The molecule has 0 aliphatic heterocycles. The molecule has 0 saturated heterocycles. The molecule has 0 bridgehead atoms. The number of hydrogen-bond donors (Lipinski definition) is 1. The summed E-state index contributed by atoms with van der Waals surface area (Å²) < 4.78 is 0. The van der Waals surface area contributed by atoms with Crippen LogP contribution in [0.3, 0.4) is 0 Å². The van der Waals surface area contributed by atoms with Crippen molar-refractivity contribution < 1.29 is 0 Å². The van der Waals surface area contributed by atoms with Crippen molar-refractivity contribution in [2.75, 3.05) is 13.1 Å². The maximum atomic E-state index is 3.61. The second-order valence-corrected chi connectivity index (χ2v) is 6.10. The van der Waals surface area contributed by atoms with Gasteiger partial charge in [0.15, 0.2) is 0 Å². The third-order valence-corrected chi connectivity index (χ3v) is 4.34. The first-order valence-electron chi connectivity index (χ1n) is 8.18. The third-order valence-electron chi connectivity index (χ3n) is 4.34. The molecular formula is C16H34N2. The van der Waals surface area contributed by atoms with Gasteiger partial charge in [0.05, 0.1) is 0 Å². The molecule has 1 aliphatic rings. The smallest absolute Gasteiger partial charge is 0.00991 e. The zero-order chi connectivity index (χ0) is 13.4. The highest BCUT2D eigenvalue weighted by Crippen LogP contribution is 2.25. The molecule has 0 aromatic rings. The van der Waals surface area contributed by atoms with Gasteiger partial charge in [0, 0.05) is 18.1 Å². The largest absolute Gasteiger partial charge is 0.314 e. The Labute approximate surface area is 115 Å². The number of rotatable bonds is 8. The van der Waals surface area contributed by atoms with Crippen LogP contribution in [0.1, 0.15) is 72.6 Å². The molecule has 0 aromatic heterocycles. The summed E-state index contributed by atoms with van der Waals surface area (Å²) in [6.07, 6.45) is 9.62. The van der Waals surface area contributed by atoms with E-state index < -0.39 is 0 Å². The molecule has 1 rings (SSSR count). The molecule has 0 unspecified atom stereocenters. The summed E-state index contributed by atoms with van der Waals surface area (Å²) in [6.45, 7) is 11.7. The van der Waals surface area contributed by atoms with Crippen LogP contribution in [-0.2, 0) is 0 Å². The summed E-state index contributed by atoms with van der Waals surface area (Å²) in [4.78, 5) is 2.76. The molecule has 0 heterocycles. The molecule has 2 nitrogen and oxygen atoms in total. The predicted octanol–water partition coefficient (Wildman–Crippen LogP) is 3.81. The van der Waals surface area contributed by atoms with E-state index in [2.05, 4.69) is 37.9 Å². The highest BCUT2D eigenvalue weighted by atomic mass is 15.2. The van der Waals surface area contributed by atoms with Crippen LogP contribution < -0.4 is 5.32 Å². The molecule has 2 heteroatoms. The topological polar surface area (TPSA) is 15.3 Å². The Kier molecular flexibility index (Phi) is 7.92. The van der Waals surface area contributed by atoms with Crippen molar-refractivity contribution in [2.24, 2.45) is 0 Å². The number of nitrogens with one attached hydrogen (secondary N) is 1. The van der Waals surface area contributed by atoms with Crippen molar-refractivity contribution in [3.05, 3.63) is 0 Å². The highest BCUT2D eigenvalue weighted by molar-refractivity contribution is 4.84. The van der Waals surface area contributed by atoms with Gasteiger partial charge in [-0.2, -0.15) is 0 Å². The lowest BCUT2D eigenvalue weighted by atomic mass is 9.89. The average molecular weight is 254 g/mol. The Hall–Kier alpha value is -0.0800. The van der Waals surface area contributed by atoms with Gasteiger partial charge in [0.1, 0.15) is 0 Å². The molecule has 1 N–H and O–H groups in total. The van der Waals surface area contributed by atoms with Gasteiger partial charge in [-0.15, -0.1) is 0 Å². The first kappa shape index (κ1) is 16.0. The zero-order valence-electron chi connectivity index (χ0n) is 13.0. The van der Waals surface area contributed by atoms with Crippen molar-refractivity contribution >= 4 is 0 Å². The molecule has 0 spiro atoms. The quantitative estimate of drug-likeness (QED) is 0.663. The fraction of sp³-hybridized carbons (Fsp3) is 1.00. The Balaban J connectivity index is 2.35. The second kappa shape index (κ2) is 8.92. The maximum Gasteiger partial charge on any atom is 0.00991 e. The summed E-state index contributed by atoms with van der Waals surface area (Å²) in [7, 11) is 0. The average Bonchev–Trinajstić information content (AvgIpc) is 2.36. The maximum absolute atomic E-state index is 3.61. The van der Waals surface area contributed by atoms with Gasteiger partial charge in [-0.25, -0.2) is 0 Å². The van der Waals surface area contributed by atoms with Crippen LogP contribution in [0.2, 0.25) is 0 Å². The third kappa shape index (κ3) is 5.27. The van der Waals surface area contributed by atoms with E-state index in [1.807, 2.05) is 0 Å². The molecule has 1 aliphatic carbocycles. The monoisotopic (exact) mass is 254 g/mol. The van der Waals surface area contributed by atoms with E-state index in [9.17, 15) is 0 Å². The standard InChI is InChI=1S/C16H34N2/c1-5-7-8-13-18(14(3)4)16-11-9-15(10-12-16)17-6-2/h14-17H,5-13H2,1-4H3. The number of hydrogen-bond acceptors (Lipinski definition) is 2. The lowest BCUT2D eigenvalue weighted by molar-refractivity contribution is 0.109. The molecule has 0 amide bonds. The minimum atomic E-state index is 0.711. The number of nitrogens with zero attached hydrogens (tertiary/aromatic N) is 1. The van der Waals surface area contributed by atoms with E-state index in [1.165, 1.54) is 51.5 Å². The van der Waals surface area contributed by atoms with Crippen molar-refractivity contribution in [2.45, 2.75) is 90.8 Å². The summed E-state index contributed by atoms with van der Waals surface area (Å²) in [6, 6.07) is 2.34.